The van der Waals surface area contributed by atoms with E-state index in [9.17, 15) is 9.59 Å². The van der Waals surface area contributed by atoms with E-state index in [1.54, 1.807) is 0 Å². The number of hydrogen-bond acceptors (Lipinski definition) is 7. The maximum absolute atomic E-state index is 11.2. The average Bonchev–Trinajstić information content (AvgIpc) is 2.30. The van der Waals surface area contributed by atoms with E-state index in [2.05, 4.69) is 42.0 Å². The molecule has 0 N–H and O–H groups in total. The summed E-state index contributed by atoms with van der Waals surface area (Å²) >= 11 is 0. The van der Waals surface area contributed by atoms with Crippen LogP contribution in [0.4, 0.5) is 4.79 Å². The molecule has 0 aliphatic carbocycles. The maximum atomic E-state index is 11.2. The lowest BCUT2D eigenvalue weighted by molar-refractivity contribution is -0.518. The minimum Gasteiger partial charge on any atom is -0.459 e. The van der Waals surface area contributed by atoms with Gasteiger partial charge in [-0.05, 0) is 37.6 Å². The smallest absolute Gasteiger partial charge is 0.459 e. The summed E-state index contributed by atoms with van der Waals surface area (Å²) in [5, 5.41) is 4.43. The third-order valence-corrected chi connectivity index (χ3v) is 2.20. The lowest BCUT2D eigenvalue weighted by atomic mass is 9.84. The number of rotatable bonds is 8. The first-order chi connectivity index (χ1) is 9.93. The molecule has 0 fully saturated rings. The van der Waals surface area contributed by atoms with E-state index in [0.717, 1.165) is 0 Å². The molecule has 0 aromatic carbocycles. The van der Waals surface area contributed by atoms with Crippen LogP contribution in [-0.2, 0) is 29.1 Å². The monoisotopic (exact) mass is 318 g/mol. The zero-order valence-corrected chi connectivity index (χ0v) is 14.2. The molecule has 0 aliphatic heterocycles. The van der Waals surface area contributed by atoms with Gasteiger partial charge < -0.3 is 9.47 Å². The fourth-order valence-corrected chi connectivity index (χ4v) is 1.85. The van der Waals surface area contributed by atoms with Crippen LogP contribution in [0, 0.1) is 5.41 Å². The lowest BCUT2D eigenvalue weighted by Gasteiger charge is -2.29. The van der Waals surface area contributed by atoms with E-state index in [1.165, 1.54) is 6.92 Å². The summed E-state index contributed by atoms with van der Waals surface area (Å²) in [6.07, 6.45) is -0.396. The molecular weight excluding hydrogens is 292 g/mol. The summed E-state index contributed by atoms with van der Waals surface area (Å²) in [6.45, 7) is 14.5. The minimum absolute atomic E-state index is 0.0283. The van der Waals surface area contributed by atoms with Gasteiger partial charge in [0.15, 0.2) is 0 Å². The van der Waals surface area contributed by atoms with Gasteiger partial charge in [0.1, 0.15) is 18.8 Å². The molecule has 0 amide bonds. The van der Waals surface area contributed by atoms with Crippen molar-refractivity contribution in [1.82, 2.24) is 0 Å². The maximum Gasteiger partial charge on any atom is 0.542 e. The van der Waals surface area contributed by atoms with Crippen LogP contribution < -0.4 is 0 Å². The molecule has 0 aliphatic rings. The molecule has 0 bridgehead atoms. The van der Waals surface area contributed by atoms with Crippen molar-refractivity contribution in [2.75, 3.05) is 13.2 Å². The highest BCUT2D eigenvalue weighted by Crippen LogP contribution is 2.29. The van der Waals surface area contributed by atoms with Crippen molar-refractivity contribution in [3.8, 4) is 0 Å². The molecular formula is C15H26O7. The van der Waals surface area contributed by atoms with E-state index in [0.29, 0.717) is 6.42 Å². The highest BCUT2D eigenvalue weighted by Gasteiger charge is 2.28. The molecule has 0 saturated carbocycles. The molecule has 7 heteroatoms. The van der Waals surface area contributed by atoms with Gasteiger partial charge in [0.25, 0.3) is 0 Å². The molecule has 0 radical (unpaired) electrons. The first-order valence-electron chi connectivity index (χ1n) is 6.95. The standard InChI is InChI=1S/C15H26O7/c1-11(2)12(16)18-8-9-19-13(17)20-22-21-15(6,7)10-14(3,4)5/h1,8-10H2,2-7H3. The van der Waals surface area contributed by atoms with Crippen molar-refractivity contribution in [3.63, 3.8) is 0 Å². The minimum atomic E-state index is -1.09. The van der Waals surface area contributed by atoms with E-state index in [-0.39, 0.29) is 24.2 Å². The van der Waals surface area contributed by atoms with Gasteiger partial charge in [-0.15, -0.1) is 0 Å². The largest absolute Gasteiger partial charge is 0.542 e. The molecule has 0 heterocycles. The number of carbonyl (C=O) groups excluding carboxylic acids is 2. The lowest BCUT2D eigenvalue weighted by Crippen LogP contribution is -2.31. The molecule has 22 heavy (non-hydrogen) atoms. The van der Waals surface area contributed by atoms with Crippen LogP contribution >= 0.6 is 0 Å². The highest BCUT2D eigenvalue weighted by atomic mass is 17.5. The van der Waals surface area contributed by atoms with E-state index >= 15 is 0 Å². The third kappa shape index (κ3) is 11.1. The molecule has 0 spiro atoms. The Morgan fingerprint density at radius 2 is 1.55 bits per heavy atom. The van der Waals surface area contributed by atoms with E-state index in [1.807, 2.05) is 13.8 Å². The van der Waals surface area contributed by atoms with E-state index in [4.69, 9.17) is 9.62 Å². The number of esters is 1. The second kappa shape index (κ2) is 8.75. The van der Waals surface area contributed by atoms with Crippen molar-refractivity contribution in [3.05, 3.63) is 12.2 Å². The van der Waals surface area contributed by atoms with Crippen LogP contribution in [0.2, 0.25) is 0 Å². The molecule has 0 rings (SSSR count). The summed E-state index contributed by atoms with van der Waals surface area (Å²) in [7, 11) is 0. The first-order valence-corrected chi connectivity index (χ1v) is 6.95. The Kier molecular flexibility index (Phi) is 8.11. The first kappa shape index (κ1) is 20.4. The molecule has 0 aromatic heterocycles. The average molecular weight is 318 g/mol. The molecule has 0 unspecified atom stereocenters. The Hall–Kier alpha value is -1.60. The number of ether oxygens (including phenoxy) is 2. The van der Waals surface area contributed by atoms with Gasteiger partial charge in [0.2, 0.25) is 0 Å². The Morgan fingerprint density at radius 1 is 1.00 bits per heavy atom. The van der Waals surface area contributed by atoms with Crippen molar-refractivity contribution in [1.29, 1.82) is 0 Å². The SMILES string of the molecule is C=C(C)C(=O)OCCOC(=O)OOOC(C)(C)CC(C)(C)C. The van der Waals surface area contributed by atoms with Gasteiger partial charge in [-0.2, -0.15) is 4.89 Å². The van der Waals surface area contributed by atoms with Crippen LogP contribution in [0.3, 0.4) is 0 Å². The van der Waals surface area contributed by atoms with Crippen LogP contribution in [-0.4, -0.2) is 30.9 Å². The Morgan fingerprint density at radius 3 is 2.05 bits per heavy atom. The summed E-state index contributed by atoms with van der Waals surface area (Å²) in [6, 6.07) is 0. The topological polar surface area (TPSA) is 80.3 Å². The Bertz CT molecular complexity index is 393. The quantitative estimate of drug-likeness (QED) is 0.223. The van der Waals surface area contributed by atoms with Crippen molar-refractivity contribution in [2.24, 2.45) is 5.41 Å². The second-order valence-electron chi connectivity index (χ2n) is 6.75. The predicted octanol–water partition coefficient (Wildman–Crippen LogP) is 3.34. The van der Waals surface area contributed by atoms with Gasteiger partial charge in [-0.3, -0.25) is 0 Å². The highest BCUT2D eigenvalue weighted by molar-refractivity contribution is 5.86. The second-order valence-corrected chi connectivity index (χ2v) is 6.75. The van der Waals surface area contributed by atoms with Gasteiger partial charge in [0, 0.05) is 5.57 Å². The van der Waals surface area contributed by atoms with Crippen LogP contribution in [0.25, 0.3) is 0 Å². The fraction of sp³-hybridized carbons (Fsp3) is 0.733. The summed E-state index contributed by atoms with van der Waals surface area (Å²) in [4.78, 5) is 31.6. The van der Waals surface area contributed by atoms with Crippen molar-refractivity contribution < 1.29 is 33.9 Å². The molecule has 0 atom stereocenters. The van der Waals surface area contributed by atoms with Gasteiger partial charge >= 0.3 is 12.1 Å². The van der Waals surface area contributed by atoms with Crippen molar-refractivity contribution in [2.45, 2.75) is 53.6 Å². The normalized spacial score (nSPS) is 11.7. The predicted molar refractivity (Wildman–Crippen MR) is 78.5 cm³/mol. The van der Waals surface area contributed by atoms with Crippen LogP contribution in [0.1, 0.15) is 48.0 Å². The van der Waals surface area contributed by atoms with Gasteiger partial charge in [0.05, 0.1) is 0 Å². The molecule has 0 aromatic rings. The van der Waals surface area contributed by atoms with Crippen molar-refractivity contribution >= 4 is 12.1 Å². The van der Waals surface area contributed by atoms with Gasteiger partial charge in [-0.25, -0.2) is 14.5 Å². The summed E-state index contributed by atoms with van der Waals surface area (Å²) in [5.41, 5.74) is -0.337. The molecule has 128 valence electrons. The Labute approximate surface area is 131 Å². The van der Waals surface area contributed by atoms with Crippen LogP contribution in [0.5, 0.6) is 0 Å². The number of carbonyl (C=O) groups is 2. The Balaban J connectivity index is 3.82. The molecule has 7 nitrogen and oxygen atoms in total. The zero-order chi connectivity index (χ0) is 17.4. The zero-order valence-electron chi connectivity index (χ0n) is 14.2. The summed E-state index contributed by atoms with van der Waals surface area (Å²) in [5.74, 6) is -0.555. The van der Waals surface area contributed by atoms with Crippen LogP contribution in [0.15, 0.2) is 12.2 Å². The van der Waals surface area contributed by atoms with Gasteiger partial charge in [-0.1, -0.05) is 27.4 Å². The number of hydrogen-bond donors (Lipinski definition) is 0. The fourth-order valence-electron chi connectivity index (χ4n) is 1.85. The summed E-state index contributed by atoms with van der Waals surface area (Å²) < 4.78 is 9.34. The van der Waals surface area contributed by atoms with E-state index < -0.39 is 17.7 Å². The molecule has 0 saturated heterocycles. The third-order valence-electron chi connectivity index (χ3n) is 2.20.